The highest BCUT2D eigenvalue weighted by Crippen LogP contribution is 2.27. The number of aliphatic hydroxyl groups is 1. The van der Waals surface area contributed by atoms with Crippen LogP contribution in [-0.4, -0.2) is 5.11 Å². The van der Waals surface area contributed by atoms with Crippen molar-refractivity contribution in [3.8, 4) is 0 Å². The van der Waals surface area contributed by atoms with E-state index in [1.807, 2.05) is 31.2 Å². The largest absolute Gasteiger partial charge is 0.464 e. The monoisotopic (exact) mass is 176 g/mol. The molecule has 2 heteroatoms. The van der Waals surface area contributed by atoms with Crippen molar-refractivity contribution in [1.82, 2.24) is 0 Å². The maximum Gasteiger partial charge on any atom is 0.134 e. The second-order valence-electron chi connectivity index (χ2n) is 3.11. The molecular weight excluding hydrogens is 164 g/mol. The fraction of sp³-hybridized carbons (Fsp3) is 0.273. The Hall–Kier alpha value is -1.28. The van der Waals surface area contributed by atoms with Crippen LogP contribution in [0, 0.1) is 0 Å². The molecule has 0 unspecified atom stereocenters. The smallest absolute Gasteiger partial charge is 0.134 e. The quantitative estimate of drug-likeness (QED) is 0.763. The molecule has 1 aromatic heterocycles. The molecule has 1 aromatic carbocycles. The normalized spacial score (nSPS) is 13.4. The zero-order valence-electron chi connectivity index (χ0n) is 7.53. The fourth-order valence-electron chi connectivity index (χ4n) is 1.48. The minimum absolute atomic E-state index is 0.413. The van der Waals surface area contributed by atoms with Gasteiger partial charge in [-0.2, -0.15) is 0 Å². The third kappa shape index (κ3) is 1.33. The Kier molecular flexibility index (Phi) is 2.07. The summed E-state index contributed by atoms with van der Waals surface area (Å²) in [5.74, 6) is 0. The van der Waals surface area contributed by atoms with E-state index in [1.54, 1.807) is 6.26 Å². The van der Waals surface area contributed by atoms with Crippen LogP contribution in [0.5, 0.6) is 0 Å². The van der Waals surface area contributed by atoms with Gasteiger partial charge in [-0.1, -0.05) is 25.1 Å². The van der Waals surface area contributed by atoms with Crippen LogP contribution < -0.4 is 0 Å². The minimum Gasteiger partial charge on any atom is -0.464 e. The molecule has 0 radical (unpaired) electrons. The molecule has 1 heterocycles. The lowest BCUT2D eigenvalue weighted by atomic mass is 10.1. The molecule has 0 aliphatic rings. The summed E-state index contributed by atoms with van der Waals surface area (Å²) in [6, 6.07) is 7.74. The summed E-state index contributed by atoms with van der Waals surface area (Å²) in [7, 11) is 0. The second kappa shape index (κ2) is 3.23. The highest BCUT2D eigenvalue weighted by molar-refractivity contribution is 5.81. The van der Waals surface area contributed by atoms with E-state index in [-0.39, 0.29) is 0 Å². The van der Waals surface area contributed by atoms with E-state index in [1.165, 1.54) is 0 Å². The van der Waals surface area contributed by atoms with Crippen molar-refractivity contribution in [2.24, 2.45) is 0 Å². The molecule has 13 heavy (non-hydrogen) atoms. The first-order valence-electron chi connectivity index (χ1n) is 4.47. The lowest BCUT2D eigenvalue weighted by Gasteiger charge is -2.03. The first-order chi connectivity index (χ1) is 6.33. The number of fused-ring (bicyclic) bond motifs is 1. The van der Waals surface area contributed by atoms with Gasteiger partial charge in [0.2, 0.25) is 0 Å². The van der Waals surface area contributed by atoms with E-state index in [0.29, 0.717) is 6.42 Å². The molecule has 2 nitrogen and oxygen atoms in total. The average molecular weight is 176 g/mol. The third-order valence-corrected chi connectivity index (χ3v) is 2.26. The van der Waals surface area contributed by atoms with Gasteiger partial charge in [-0.25, -0.2) is 0 Å². The van der Waals surface area contributed by atoms with Gasteiger partial charge in [-0.05, 0) is 12.5 Å². The van der Waals surface area contributed by atoms with Crippen molar-refractivity contribution < 1.29 is 9.52 Å². The lowest BCUT2D eigenvalue weighted by molar-refractivity contribution is 0.174. The van der Waals surface area contributed by atoms with E-state index in [4.69, 9.17) is 4.42 Å². The van der Waals surface area contributed by atoms with E-state index >= 15 is 0 Å². The maximum atomic E-state index is 9.66. The molecule has 2 rings (SSSR count). The van der Waals surface area contributed by atoms with Gasteiger partial charge in [0.05, 0.1) is 12.4 Å². The zero-order valence-corrected chi connectivity index (χ0v) is 7.53. The second-order valence-corrected chi connectivity index (χ2v) is 3.11. The summed E-state index contributed by atoms with van der Waals surface area (Å²) in [6.45, 7) is 1.95. The molecule has 0 bridgehead atoms. The summed E-state index contributed by atoms with van der Waals surface area (Å²) >= 11 is 0. The summed E-state index contributed by atoms with van der Waals surface area (Å²) < 4.78 is 5.31. The lowest BCUT2D eigenvalue weighted by Crippen LogP contribution is -1.92. The molecule has 1 atom stereocenters. The van der Waals surface area contributed by atoms with E-state index < -0.39 is 6.10 Å². The summed E-state index contributed by atoms with van der Waals surface area (Å²) in [6.07, 6.45) is 1.94. The molecule has 68 valence electrons. The Bertz CT molecular complexity index is 403. The summed E-state index contributed by atoms with van der Waals surface area (Å²) in [4.78, 5) is 0. The maximum absolute atomic E-state index is 9.66. The fourth-order valence-corrected chi connectivity index (χ4v) is 1.48. The first kappa shape index (κ1) is 8.32. The van der Waals surface area contributed by atoms with Crippen molar-refractivity contribution in [3.63, 3.8) is 0 Å². The van der Waals surface area contributed by atoms with Gasteiger partial charge in [0, 0.05) is 10.9 Å². The molecule has 0 spiro atoms. The van der Waals surface area contributed by atoms with Crippen LogP contribution in [0.4, 0.5) is 0 Å². The van der Waals surface area contributed by atoms with Gasteiger partial charge in [0.25, 0.3) is 0 Å². The van der Waals surface area contributed by atoms with Gasteiger partial charge < -0.3 is 9.52 Å². The van der Waals surface area contributed by atoms with E-state index in [2.05, 4.69) is 0 Å². The van der Waals surface area contributed by atoms with Crippen LogP contribution in [0.3, 0.4) is 0 Å². The number of rotatable bonds is 2. The van der Waals surface area contributed by atoms with Crippen LogP contribution >= 0.6 is 0 Å². The van der Waals surface area contributed by atoms with Crippen molar-refractivity contribution in [1.29, 1.82) is 0 Å². The standard InChI is InChI=1S/C11H12O2/c1-2-10(12)9-7-13-11-6-4-3-5-8(9)11/h3-7,10,12H,2H2,1H3/t10-/m0/s1. The molecule has 0 fully saturated rings. The Morgan fingerprint density at radius 1 is 1.38 bits per heavy atom. The number of hydrogen-bond acceptors (Lipinski definition) is 2. The molecule has 0 amide bonds. The summed E-state index contributed by atoms with van der Waals surface area (Å²) in [5, 5.41) is 10.7. The van der Waals surface area contributed by atoms with E-state index in [0.717, 1.165) is 16.5 Å². The SMILES string of the molecule is CC[C@H](O)c1coc2ccccc12. The molecule has 0 saturated carbocycles. The zero-order chi connectivity index (χ0) is 9.26. The van der Waals surface area contributed by atoms with Crippen LogP contribution in [0.1, 0.15) is 25.0 Å². The van der Waals surface area contributed by atoms with Gasteiger partial charge in [-0.3, -0.25) is 0 Å². The van der Waals surface area contributed by atoms with Crippen molar-refractivity contribution in [2.45, 2.75) is 19.4 Å². The van der Waals surface area contributed by atoms with Crippen LogP contribution in [-0.2, 0) is 0 Å². The Morgan fingerprint density at radius 3 is 2.92 bits per heavy atom. The molecule has 0 aliphatic carbocycles. The molecule has 0 saturated heterocycles. The van der Waals surface area contributed by atoms with Crippen molar-refractivity contribution >= 4 is 11.0 Å². The third-order valence-electron chi connectivity index (χ3n) is 2.26. The molecule has 1 N–H and O–H groups in total. The predicted molar refractivity (Wildman–Crippen MR) is 51.5 cm³/mol. The number of aliphatic hydroxyl groups excluding tert-OH is 1. The molecular formula is C11H12O2. The highest BCUT2D eigenvalue weighted by Gasteiger charge is 2.11. The topological polar surface area (TPSA) is 33.4 Å². The Labute approximate surface area is 76.8 Å². The Balaban J connectivity index is 2.57. The van der Waals surface area contributed by atoms with Crippen LogP contribution in [0.15, 0.2) is 34.9 Å². The number of para-hydroxylation sites is 1. The molecule has 2 aromatic rings. The molecule has 0 aliphatic heterocycles. The van der Waals surface area contributed by atoms with Crippen molar-refractivity contribution in [3.05, 3.63) is 36.1 Å². The van der Waals surface area contributed by atoms with Gasteiger partial charge in [0.15, 0.2) is 0 Å². The first-order valence-corrected chi connectivity index (χ1v) is 4.47. The van der Waals surface area contributed by atoms with Crippen LogP contribution in [0.25, 0.3) is 11.0 Å². The number of benzene rings is 1. The van der Waals surface area contributed by atoms with E-state index in [9.17, 15) is 5.11 Å². The number of furan rings is 1. The Morgan fingerprint density at radius 2 is 2.15 bits per heavy atom. The minimum atomic E-state index is -0.413. The predicted octanol–water partition coefficient (Wildman–Crippen LogP) is 2.88. The van der Waals surface area contributed by atoms with Crippen molar-refractivity contribution in [2.75, 3.05) is 0 Å². The average Bonchev–Trinajstić information content (AvgIpc) is 2.60. The summed E-state index contributed by atoms with van der Waals surface area (Å²) in [5.41, 5.74) is 1.73. The highest BCUT2D eigenvalue weighted by atomic mass is 16.3. The van der Waals surface area contributed by atoms with Gasteiger partial charge in [-0.15, -0.1) is 0 Å². The number of hydrogen-bond donors (Lipinski definition) is 1. The van der Waals surface area contributed by atoms with Gasteiger partial charge in [0.1, 0.15) is 5.58 Å². The van der Waals surface area contributed by atoms with Gasteiger partial charge >= 0.3 is 0 Å². The van der Waals surface area contributed by atoms with Crippen LogP contribution in [0.2, 0.25) is 0 Å².